The van der Waals surface area contributed by atoms with E-state index < -0.39 is 0 Å². The van der Waals surface area contributed by atoms with Gasteiger partial charge in [0.2, 0.25) is 0 Å². The largest absolute Gasteiger partial charge is 0.135 e. The van der Waals surface area contributed by atoms with E-state index in [1.165, 1.54) is 117 Å². The maximum absolute atomic E-state index is 2.48. The molecule has 0 nitrogen and oxygen atoms in total. The SMILES string of the molecule is CC1(C)c2ccccc2-c2ccc(-c3c4ccccc4c(-c4ccc5c(c4)sc4ccc6cc7sc8ccccc8c7cc6c45)c4ccccc34)cc21. The summed E-state index contributed by atoms with van der Waals surface area (Å²) in [5.74, 6) is 0. The van der Waals surface area contributed by atoms with Gasteiger partial charge in [-0.15, -0.1) is 22.7 Å². The Morgan fingerprint density at radius 3 is 1.70 bits per heavy atom. The van der Waals surface area contributed by atoms with Crippen molar-refractivity contribution in [3.05, 3.63) is 169 Å². The monoisotopic (exact) mass is 708 g/mol. The summed E-state index contributed by atoms with van der Waals surface area (Å²) in [6, 6.07) is 59.7. The van der Waals surface area contributed by atoms with E-state index >= 15 is 0 Å². The molecule has 11 aromatic rings. The van der Waals surface area contributed by atoms with Gasteiger partial charge in [-0.2, -0.15) is 0 Å². The minimum atomic E-state index is -0.0536. The molecule has 9 aromatic carbocycles. The van der Waals surface area contributed by atoms with Crippen molar-refractivity contribution < 1.29 is 0 Å². The molecule has 53 heavy (non-hydrogen) atoms. The Morgan fingerprint density at radius 2 is 0.943 bits per heavy atom. The lowest BCUT2D eigenvalue weighted by atomic mass is 9.80. The molecule has 0 amide bonds. The molecule has 0 fully saturated rings. The van der Waals surface area contributed by atoms with Gasteiger partial charge in [-0.3, -0.25) is 0 Å². The van der Waals surface area contributed by atoms with Crippen LogP contribution in [0.1, 0.15) is 25.0 Å². The van der Waals surface area contributed by atoms with E-state index in [0.717, 1.165) is 0 Å². The lowest BCUT2D eigenvalue weighted by Crippen LogP contribution is -2.14. The highest BCUT2D eigenvalue weighted by molar-refractivity contribution is 7.26. The lowest BCUT2D eigenvalue weighted by Gasteiger charge is -2.23. The Labute approximate surface area is 315 Å². The second kappa shape index (κ2) is 10.6. The van der Waals surface area contributed by atoms with Crippen molar-refractivity contribution in [3.8, 4) is 33.4 Å². The van der Waals surface area contributed by atoms with Crippen LogP contribution in [0.25, 0.3) is 106 Å². The van der Waals surface area contributed by atoms with E-state index in [2.05, 4.69) is 172 Å². The van der Waals surface area contributed by atoms with E-state index in [1.807, 2.05) is 22.7 Å². The number of thiophene rings is 2. The molecule has 0 saturated heterocycles. The number of hydrogen-bond donors (Lipinski definition) is 0. The number of hydrogen-bond acceptors (Lipinski definition) is 2. The minimum absolute atomic E-state index is 0.0536. The third kappa shape index (κ3) is 4.05. The molecule has 2 heteroatoms. The molecule has 0 atom stereocenters. The first-order valence-corrected chi connectivity index (χ1v) is 20.1. The van der Waals surface area contributed by atoms with Crippen molar-refractivity contribution >= 4 is 95.3 Å². The highest BCUT2D eigenvalue weighted by Crippen LogP contribution is 2.52. The van der Waals surface area contributed by atoms with Crippen molar-refractivity contribution in [3.63, 3.8) is 0 Å². The maximum Gasteiger partial charge on any atom is 0.0361 e. The summed E-state index contributed by atoms with van der Waals surface area (Å²) >= 11 is 3.81. The maximum atomic E-state index is 2.48. The van der Waals surface area contributed by atoms with Crippen molar-refractivity contribution in [1.29, 1.82) is 0 Å². The van der Waals surface area contributed by atoms with Gasteiger partial charge in [-0.05, 0) is 113 Å². The number of rotatable bonds is 2. The van der Waals surface area contributed by atoms with E-state index in [1.54, 1.807) is 0 Å². The molecule has 2 heterocycles. The molecule has 1 aliphatic rings. The van der Waals surface area contributed by atoms with E-state index in [9.17, 15) is 0 Å². The first-order chi connectivity index (χ1) is 26.0. The van der Waals surface area contributed by atoms with E-state index in [-0.39, 0.29) is 5.41 Å². The first-order valence-electron chi connectivity index (χ1n) is 18.4. The Kier molecular flexibility index (Phi) is 5.97. The van der Waals surface area contributed by atoms with Gasteiger partial charge >= 0.3 is 0 Å². The highest BCUT2D eigenvalue weighted by Gasteiger charge is 2.35. The summed E-state index contributed by atoms with van der Waals surface area (Å²) in [6.07, 6.45) is 0. The zero-order chi connectivity index (χ0) is 35.0. The summed E-state index contributed by atoms with van der Waals surface area (Å²) in [5.41, 5.74) is 10.7. The van der Waals surface area contributed by atoms with Gasteiger partial charge in [-0.1, -0.05) is 135 Å². The zero-order valence-electron chi connectivity index (χ0n) is 29.3. The molecule has 1 aliphatic carbocycles. The predicted molar refractivity (Wildman–Crippen MR) is 233 cm³/mol. The van der Waals surface area contributed by atoms with Crippen LogP contribution in [0.15, 0.2) is 158 Å². The van der Waals surface area contributed by atoms with Crippen LogP contribution in [0.5, 0.6) is 0 Å². The van der Waals surface area contributed by atoms with Gasteiger partial charge < -0.3 is 0 Å². The van der Waals surface area contributed by atoms with Crippen LogP contribution in [-0.4, -0.2) is 0 Å². The molecule has 0 aliphatic heterocycles. The van der Waals surface area contributed by atoms with Crippen LogP contribution in [0.4, 0.5) is 0 Å². The van der Waals surface area contributed by atoms with Gasteiger partial charge in [0.15, 0.2) is 0 Å². The Bertz CT molecular complexity index is 3310. The first kappa shape index (κ1) is 29.7. The topological polar surface area (TPSA) is 0 Å². The normalized spacial score (nSPS) is 13.6. The van der Waals surface area contributed by atoms with Crippen molar-refractivity contribution in [2.24, 2.45) is 0 Å². The molecule has 0 unspecified atom stereocenters. The second-order valence-corrected chi connectivity index (χ2v) is 17.4. The van der Waals surface area contributed by atoms with Gasteiger partial charge in [0.05, 0.1) is 0 Å². The molecule has 0 saturated carbocycles. The third-order valence-corrected chi connectivity index (χ3v) is 14.3. The summed E-state index contributed by atoms with van der Waals surface area (Å²) in [6.45, 7) is 4.75. The van der Waals surface area contributed by atoms with Crippen LogP contribution >= 0.6 is 22.7 Å². The summed E-state index contributed by atoms with van der Waals surface area (Å²) in [5, 5.41) is 13.3. The quantitative estimate of drug-likeness (QED) is 0.157. The fourth-order valence-electron chi connectivity index (χ4n) is 9.58. The van der Waals surface area contributed by atoms with E-state index in [4.69, 9.17) is 0 Å². The Hall–Kier alpha value is -5.80. The molecule has 0 spiro atoms. The summed E-state index contributed by atoms with van der Waals surface area (Å²) < 4.78 is 5.38. The van der Waals surface area contributed by atoms with Gasteiger partial charge in [0, 0.05) is 45.8 Å². The van der Waals surface area contributed by atoms with Crippen LogP contribution in [0.3, 0.4) is 0 Å². The fraction of sp³-hybridized carbons (Fsp3) is 0.0588. The van der Waals surface area contributed by atoms with E-state index in [0.29, 0.717) is 0 Å². The van der Waals surface area contributed by atoms with Gasteiger partial charge in [0.25, 0.3) is 0 Å². The number of fused-ring (bicyclic) bond motifs is 13. The van der Waals surface area contributed by atoms with Gasteiger partial charge in [0.1, 0.15) is 0 Å². The third-order valence-electron chi connectivity index (χ3n) is 12.0. The smallest absolute Gasteiger partial charge is 0.0361 e. The van der Waals surface area contributed by atoms with Crippen LogP contribution < -0.4 is 0 Å². The molecule has 2 aromatic heterocycles. The van der Waals surface area contributed by atoms with Crippen LogP contribution in [0.2, 0.25) is 0 Å². The molecule has 0 N–H and O–H groups in total. The second-order valence-electron chi connectivity index (χ2n) is 15.2. The van der Waals surface area contributed by atoms with Crippen LogP contribution in [0, 0.1) is 0 Å². The van der Waals surface area contributed by atoms with Crippen LogP contribution in [-0.2, 0) is 5.41 Å². The average Bonchev–Trinajstić information content (AvgIpc) is 3.83. The Balaban J connectivity index is 1.08. The molecular formula is C51H32S2. The molecule has 12 rings (SSSR count). The van der Waals surface area contributed by atoms with Crippen molar-refractivity contribution in [2.45, 2.75) is 19.3 Å². The highest BCUT2D eigenvalue weighted by atomic mass is 32.1. The average molecular weight is 709 g/mol. The molecular weight excluding hydrogens is 677 g/mol. The molecule has 0 radical (unpaired) electrons. The Morgan fingerprint density at radius 1 is 0.358 bits per heavy atom. The van der Waals surface area contributed by atoms with Crippen molar-refractivity contribution in [1.82, 2.24) is 0 Å². The molecule has 248 valence electrons. The fourth-order valence-corrected chi connectivity index (χ4v) is 11.9. The summed E-state index contributed by atoms with van der Waals surface area (Å²) in [7, 11) is 0. The lowest BCUT2D eigenvalue weighted by molar-refractivity contribution is 0.660. The summed E-state index contributed by atoms with van der Waals surface area (Å²) in [4.78, 5) is 0. The van der Waals surface area contributed by atoms with Crippen molar-refractivity contribution in [2.75, 3.05) is 0 Å². The number of benzene rings is 9. The minimum Gasteiger partial charge on any atom is -0.135 e. The standard InChI is InChI=1S/C51H32S2/c1-51(2)42-17-9-7-11-32(42)33-22-19-30(25-43(33)51)48-35-13-3-5-15-37(35)49(38-16-6-4-14-36(38)48)31-20-23-39-46(27-31)53-45-24-21-29-26-47-41(28-40(29)50(39)45)34-12-8-10-18-44(34)52-47/h3-28H,1-2H3. The molecule has 0 bridgehead atoms. The zero-order valence-corrected chi connectivity index (χ0v) is 31.0. The van der Waals surface area contributed by atoms with Gasteiger partial charge in [-0.25, -0.2) is 0 Å². The predicted octanol–water partition coefficient (Wildman–Crippen LogP) is 15.5.